The third-order valence-corrected chi connectivity index (χ3v) is 5.22. The van der Waals surface area contributed by atoms with Gasteiger partial charge in [-0.3, -0.25) is 4.79 Å². The lowest BCUT2D eigenvalue weighted by molar-refractivity contribution is 0.102. The van der Waals surface area contributed by atoms with Crippen molar-refractivity contribution in [3.8, 4) is 17.2 Å². The second kappa shape index (κ2) is 8.64. The van der Waals surface area contributed by atoms with Gasteiger partial charge in [-0.25, -0.2) is 4.98 Å². The fourth-order valence-corrected chi connectivity index (χ4v) is 3.61. The summed E-state index contributed by atoms with van der Waals surface area (Å²) in [5.41, 5.74) is 6.89. The average molecular weight is 415 g/mol. The molecule has 0 aliphatic carbocycles. The van der Waals surface area contributed by atoms with Gasteiger partial charge < -0.3 is 14.5 Å². The summed E-state index contributed by atoms with van der Waals surface area (Å²) in [6.07, 6.45) is 0.942. The lowest BCUT2D eigenvalue weighted by Crippen LogP contribution is -2.13. The number of ether oxygens (including phenoxy) is 1. The van der Waals surface area contributed by atoms with E-state index in [1.54, 1.807) is 12.1 Å². The highest BCUT2D eigenvalue weighted by atomic mass is 16.5. The number of hydrogen-bond acceptors (Lipinski definition) is 4. The SMILES string of the molecule is CCCOc1ccc(C(=O)Nc2cccc(-c3nc4cc(C)cc(C)c4o3)c2C)cc1. The van der Waals surface area contributed by atoms with E-state index in [1.165, 1.54) is 0 Å². The Kier molecular flexibility index (Phi) is 5.76. The highest BCUT2D eigenvalue weighted by molar-refractivity contribution is 6.05. The van der Waals surface area contributed by atoms with E-state index in [2.05, 4.69) is 23.3 Å². The Bertz CT molecular complexity index is 1240. The summed E-state index contributed by atoms with van der Waals surface area (Å²) in [5, 5.41) is 3.00. The number of nitrogens with zero attached hydrogens (tertiary/aromatic N) is 1. The molecule has 5 nitrogen and oxygen atoms in total. The number of nitrogens with one attached hydrogen (secondary N) is 1. The molecule has 0 fully saturated rings. The summed E-state index contributed by atoms with van der Waals surface area (Å²) >= 11 is 0. The third kappa shape index (κ3) is 4.31. The van der Waals surface area contributed by atoms with Crippen LogP contribution in [0.25, 0.3) is 22.6 Å². The van der Waals surface area contributed by atoms with E-state index in [-0.39, 0.29) is 5.91 Å². The predicted octanol–water partition coefficient (Wildman–Crippen LogP) is 6.46. The van der Waals surface area contributed by atoms with E-state index >= 15 is 0 Å². The van der Waals surface area contributed by atoms with Gasteiger partial charge in [-0.2, -0.15) is 0 Å². The molecule has 0 spiro atoms. The molecule has 0 saturated heterocycles. The molecular formula is C26H26N2O3. The molecule has 5 heteroatoms. The Labute approximate surface area is 182 Å². The first-order valence-electron chi connectivity index (χ1n) is 10.5. The molecule has 1 heterocycles. The Morgan fingerprint density at radius 2 is 1.84 bits per heavy atom. The van der Waals surface area contributed by atoms with Crippen LogP contribution in [-0.4, -0.2) is 17.5 Å². The van der Waals surface area contributed by atoms with E-state index in [4.69, 9.17) is 9.15 Å². The van der Waals surface area contributed by atoms with Crippen molar-refractivity contribution in [1.29, 1.82) is 0 Å². The number of carbonyl (C=O) groups excluding carboxylic acids is 1. The number of anilines is 1. The van der Waals surface area contributed by atoms with Gasteiger partial charge in [-0.15, -0.1) is 0 Å². The molecule has 1 amide bonds. The number of oxazole rings is 1. The number of fused-ring (bicyclic) bond motifs is 1. The van der Waals surface area contributed by atoms with Crippen LogP contribution in [0.5, 0.6) is 5.75 Å². The molecule has 0 unspecified atom stereocenters. The third-order valence-electron chi connectivity index (χ3n) is 5.22. The van der Waals surface area contributed by atoms with Crippen molar-refractivity contribution in [1.82, 2.24) is 4.98 Å². The molecule has 3 aromatic carbocycles. The first-order valence-corrected chi connectivity index (χ1v) is 10.5. The molecule has 0 bridgehead atoms. The molecule has 158 valence electrons. The van der Waals surface area contributed by atoms with Gasteiger partial charge in [0.2, 0.25) is 5.89 Å². The van der Waals surface area contributed by atoms with Gasteiger partial charge in [0.25, 0.3) is 5.91 Å². The fraction of sp³-hybridized carbons (Fsp3) is 0.231. The van der Waals surface area contributed by atoms with E-state index in [0.29, 0.717) is 18.1 Å². The quantitative estimate of drug-likeness (QED) is 0.393. The molecule has 1 aromatic heterocycles. The van der Waals surface area contributed by atoms with Crippen LogP contribution in [-0.2, 0) is 0 Å². The molecular weight excluding hydrogens is 388 g/mol. The van der Waals surface area contributed by atoms with Crippen LogP contribution in [0.1, 0.15) is 40.4 Å². The number of amides is 1. The van der Waals surface area contributed by atoms with Gasteiger partial charge >= 0.3 is 0 Å². The van der Waals surface area contributed by atoms with Crippen LogP contribution in [0.4, 0.5) is 5.69 Å². The van der Waals surface area contributed by atoms with E-state index < -0.39 is 0 Å². The summed E-state index contributed by atoms with van der Waals surface area (Å²) in [6, 6.07) is 17.0. The summed E-state index contributed by atoms with van der Waals surface area (Å²) in [5.74, 6) is 1.14. The minimum atomic E-state index is -0.175. The van der Waals surface area contributed by atoms with Crippen molar-refractivity contribution < 1.29 is 13.9 Å². The van der Waals surface area contributed by atoms with Crippen LogP contribution >= 0.6 is 0 Å². The zero-order valence-corrected chi connectivity index (χ0v) is 18.3. The van der Waals surface area contributed by atoms with Crippen molar-refractivity contribution in [3.05, 3.63) is 76.9 Å². The molecule has 31 heavy (non-hydrogen) atoms. The van der Waals surface area contributed by atoms with Crippen molar-refractivity contribution in [3.63, 3.8) is 0 Å². The van der Waals surface area contributed by atoms with E-state index in [9.17, 15) is 4.79 Å². The summed E-state index contributed by atoms with van der Waals surface area (Å²) in [7, 11) is 0. The highest BCUT2D eigenvalue weighted by Gasteiger charge is 2.16. The summed E-state index contributed by atoms with van der Waals surface area (Å²) in [6.45, 7) is 8.74. The molecule has 1 N–H and O–H groups in total. The lowest BCUT2D eigenvalue weighted by Gasteiger charge is -2.11. The van der Waals surface area contributed by atoms with Gasteiger partial charge in [0.15, 0.2) is 5.58 Å². The number of carbonyl (C=O) groups is 1. The molecule has 0 aliphatic heterocycles. The van der Waals surface area contributed by atoms with Crippen LogP contribution in [0.15, 0.2) is 59.0 Å². The monoisotopic (exact) mass is 414 g/mol. The number of rotatable bonds is 6. The minimum absolute atomic E-state index is 0.175. The highest BCUT2D eigenvalue weighted by Crippen LogP contribution is 2.32. The van der Waals surface area contributed by atoms with Gasteiger partial charge in [-0.1, -0.05) is 19.1 Å². The molecule has 0 radical (unpaired) electrons. The zero-order valence-electron chi connectivity index (χ0n) is 18.3. The second-order valence-corrected chi connectivity index (χ2v) is 7.75. The maximum Gasteiger partial charge on any atom is 0.255 e. The number of aromatic nitrogens is 1. The summed E-state index contributed by atoms with van der Waals surface area (Å²) in [4.78, 5) is 17.5. The van der Waals surface area contributed by atoms with Crippen LogP contribution in [0.3, 0.4) is 0 Å². The van der Waals surface area contributed by atoms with Gasteiger partial charge in [0.1, 0.15) is 11.3 Å². The first-order chi connectivity index (χ1) is 15.0. The Balaban J connectivity index is 1.59. The Morgan fingerprint density at radius 1 is 1.06 bits per heavy atom. The normalized spacial score (nSPS) is 11.0. The fourth-order valence-electron chi connectivity index (χ4n) is 3.61. The maximum absolute atomic E-state index is 12.8. The minimum Gasteiger partial charge on any atom is -0.494 e. The Hall–Kier alpha value is -3.60. The average Bonchev–Trinajstić information content (AvgIpc) is 3.18. The number of benzene rings is 3. The van der Waals surface area contributed by atoms with Crippen LogP contribution in [0, 0.1) is 20.8 Å². The number of hydrogen-bond donors (Lipinski definition) is 1. The van der Waals surface area contributed by atoms with Gasteiger partial charge in [0, 0.05) is 16.8 Å². The standard InChI is InChI=1S/C26H26N2O3/c1-5-13-30-20-11-9-19(10-12-20)25(29)27-22-8-6-7-21(18(22)4)26-28-23-15-16(2)14-17(3)24(23)31-26/h6-12,14-15H,5,13H2,1-4H3,(H,27,29). The predicted molar refractivity (Wildman–Crippen MR) is 124 cm³/mol. The molecule has 4 rings (SSSR count). The van der Waals surface area contributed by atoms with Crippen molar-refractivity contribution in [2.75, 3.05) is 11.9 Å². The zero-order chi connectivity index (χ0) is 22.0. The first kappa shape index (κ1) is 20.7. The molecule has 0 saturated carbocycles. The van der Waals surface area contributed by atoms with E-state index in [1.807, 2.05) is 57.2 Å². The van der Waals surface area contributed by atoms with Crippen molar-refractivity contribution in [2.45, 2.75) is 34.1 Å². The molecule has 0 atom stereocenters. The number of aryl methyl sites for hydroxylation is 2. The van der Waals surface area contributed by atoms with Crippen molar-refractivity contribution >= 4 is 22.7 Å². The van der Waals surface area contributed by atoms with Crippen LogP contribution < -0.4 is 10.1 Å². The Morgan fingerprint density at radius 3 is 2.58 bits per heavy atom. The maximum atomic E-state index is 12.8. The van der Waals surface area contributed by atoms with Gasteiger partial charge in [0.05, 0.1) is 6.61 Å². The van der Waals surface area contributed by atoms with Crippen molar-refractivity contribution in [2.24, 2.45) is 0 Å². The topological polar surface area (TPSA) is 64.4 Å². The smallest absolute Gasteiger partial charge is 0.255 e. The van der Waals surface area contributed by atoms with Gasteiger partial charge in [-0.05, 0) is 86.3 Å². The molecule has 4 aromatic rings. The second-order valence-electron chi connectivity index (χ2n) is 7.75. The lowest BCUT2D eigenvalue weighted by atomic mass is 10.1. The molecule has 0 aliphatic rings. The van der Waals surface area contributed by atoms with Crippen LogP contribution in [0.2, 0.25) is 0 Å². The largest absolute Gasteiger partial charge is 0.494 e. The summed E-state index contributed by atoms with van der Waals surface area (Å²) < 4.78 is 11.7. The van der Waals surface area contributed by atoms with E-state index in [0.717, 1.165) is 51.2 Å².